The summed E-state index contributed by atoms with van der Waals surface area (Å²) in [7, 11) is 0. The second-order valence-corrected chi connectivity index (χ2v) is 7.38. The third-order valence-electron chi connectivity index (χ3n) is 5.49. The highest BCUT2D eigenvalue weighted by Gasteiger charge is 2.56. The van der Waals surface area contributed by atoms with Gasteiger partial charge in [0.1, 0.15) is 11.1 Å². The summed E-state index contributed by atoms with van der Waals surface area (Å²) in [6, 6.07) is 0. The Balaban J connectivity index is 1.89. The van der Waals surface area contributed by atoms with Crippen LogP contribution in [0.5, 0.6) is 0 Å². The van der Waals surface area contributed by atoms with Crippen LogP contribution in [0, 0.1) is 5.92 Å². The molecule has 1 N–H and O–H groups in total. The number of hydrogen-bond donors (Lipinski definition) is 1. The molecular weight excluding hydrogens is 252 g/mol. The predicted octanol–water partition coefficient (Wildman–Crippen LogP) is 2.23. The number of nitrogens with zero attached hydrogens (tertiary/aromatic N) is 1. The molecule has 1 aliphatic heterocycles. The topological polar surface area (TPSA) is 49.4 Å². The molecular formula is C16H26N2O2. The first kappa shape index (κ1) is 13.9. The lowest BCUT2D eigenvalue weighted by Crippen LogP contribution is -2.73. The van der Waals surface area contributed by atoms with Crippen molar-refractivity contribution in [1.82, 2.24) is 10.2 Å². The largest absolute Gasteiger partial charge is 0.340 e. The SMILES string of the molecule is CC1(C)NC(=O)C2(CCCC2)N(CC2CCCC2)C1=O. The smallest absolute Gasteiger partial charge is 0.248 e. The highest BCUT2D eigenvalue weighted by Crippen LogP contribution is 2.41. The number of carbonyl (C=O) groups excluding carboxylic acids is 2. The fraction of sp³-hybridized carbons (Fsp3) is 0.875. The van der Waals surface area contributed by atoms with Crippen LogP contribution in [0.2, 0.25) is 0 Å². The fourth-order valence-electron chi connectivity index (χ4n) is 4.27. The molecule has 1 heterocycles. The van der Waals surface area contributed by atoms with E-state index < -0.39 is 11.1 Å². The van der Waals surface area contributed by atoms with Crippen molar-refractivity contribution in [2.45, 2.75) is 76.3 Å². The van der Waals surface area contributed by atoms with Gasteiger partial charge in [0, 0.05) is 6.54 Å². The Morgan fingerprint density at radius 3 is 2.30 bits per heavy atom. The lowest BCUT2D eigenvalue weighted by Gasteiger charge is -2.50. The molecule has 2 aliphatic carbocycles. The Labute approximate surface area is 121 Å². The van der Waals surface area contributed by atoms with Gasteiger partial charge in [-0.1, -0.05) is 25.7 Å². The quantitative estimate of drug-likeness (QED) is 0.842. The summed E-state index contributed by atoms with van der Waals surface area (Å²) in [6.07, 6.45) is 8.76. The maximum atomic E-state index is 12.9. The molecule has 3 fully saturated rings. The molecule has 0 aromatic carbocycles. The number of rotatable bonds is 2. The Bertz CT molecular complexity index is 418. The molecule has 1 saturated heterocycles. The van der Waals surface area contributed by atoms with Crippen LogP contribution in [-0.2, 0) is 9.59 Å². The number of nitrogens with one attached hydrogen (secondary N) is 1. The molecule has 112 valence electrons. The van der Waals surface area contributed by atoms with Crippen molar-refractivity contribution in [2.75, 3.05) is 6.54 Å². The van der Waals surface area contributed by atoms with Crippen molar-refractivity contribution in [3.8, 4) is 0 Å². The van der Waals surface area contributed by atoms with E-state index in [-0.39, 0.29) is 11.8 Å². The van der Waals surface area contributed by atoms with Crippen LogP contribution in [0.15, 0.2) is 0 Å². The molecule has 4 heteroatoms. The van der Waals surface area contributed by atoms with Crippen molar-refractivity contribution in [3.63, 3.8) is 0 Å². The summed E-state index contributed by atoms with van der Waals surface area (Å²) in [5.41, 5.74) is -1.28. The van der Waals surface area contributed by atoms with Crippen molar-refractivity contribution in [3.05, 3.63) is 0 Å². The summed E-state index contributed by atoms with van der Waals surface area (Å²) in [6.45, 7) is 4.45. The van der Waals surface area contributed by atoms with Gasteiger partial charge in [-0.2, -0.15) is 0 Å². The summed E-state index contributed by atoms with van der Waals surface area (Å²) in [5.74, 6) is 0.793. The molecule has 0 aromatic rings. The molecule has 0 bridgehead atoms. The number of carbonyl (C=O) groups is 2. The van der Waals surface area contributed by atoms with Gasteiger partial charge >= 0.3 is 0 Å². The third kappa shape index (κ3) is 2.04. The van der Waals surface area contributed by atoms with Gasteiger partial charge in [0.15, 0.2) is 0 Å². The van der Waals surface area contributed by atoms with Crippen molar-refractivity contribution in [2.24, 2.45) is 5.92 Å². The summed E-state index contributed by atoms with van der Waals surface area (Å²) in [4.78, 5) is 27.5. The first-order chi connectivity index (χ1) is 9.46. The first-order valence-corrected chi connectivity index (χ1v) is 8.10. The van der Waals surface area contributed by atoms with Crippen molar-refractivity contribution >= 4 is 11.8 Å². The lowest BCUT2D eigenvalue weighted by atomic mass is 9.84. The Hall–Kier alpha value is -1.06. The molecule has 2 saturated carbocycles. The van der Waals surface area contributed by atoms with Crippen LogP contribution in [0.25, 0.3) is 0 Å². The van der Waals surface area contributed by atoms with E-state index in [0.29, 0.717) is 5.92 Å². The maximum absolute atomic E-state index is 12.9. The molecule has 0 radical (unpaired) electrons. The van der Waals surface area contributed by atoms with Crippen LogP contribution in [-0.4, -0.2) is 34.3 Å². The average molecular weight is 278 g/mol. The van der Waals surface area contributed by atoms with E-state index in [1.165, 1.54) is 25.7 Å². The monoisotopic (exact) mass is 278 g/mol. The zero-order valence-corrected chi connectivity index (χ0v) is 12.7. The molecule has 20 heavy (non-hydrogen) atoms. The van der Waals surface area contributed by atoms with E-state index in [0.717, 1.165) is 32.2 Å². The van der Waals surface area contributed by atoms with Crippen molar-refractivity contribution < 1.29 is 9.59 Å². The maximum Gasteiger partial charge on any atom is 0.248 e. The number of amides is 2. The van der Waals surface area contributed by atoms with E-state index >= 15 is 0 Å². The van der Waals surface area contributed by atoms with Gasteiger partial charge in [-0.25, -0.2) is 0 Å². The standard InChI is InChI=1S/C16H26N2O2/c1-15(2)14(20)18(11-12-7-3-4-8-12)16(13(19)17-15)9-5-6-10-16/h12H,3-11H2,1-2H3,(H,17,19). The van der Waals surface area contributed by atoms with Gasteiger partial charge in [-0.15, -0.1) is 0 Å². The molecule has 3 aliphatic rings. The van der Waals surface area contributed by atoms with E-state index in [1.807, 2.05) is 18.7 Å². The van der Waals surface area contributed by atoms with Gasteiger partial charge < -0.3 is 10.2 Å². The van der Waals surface area contributed by atoms with E-state index in [1.54, 1.807) is 0 Å². The van der Waals surface area contributed by atoms with Gasteiger partial charge in [0.05, 0.1) is 0 Å². The van der Waals surface area contributed by atoms with Crippen LogP contribution in [0.4, 0.5) is 0 Å². The van der Waals surface area contributed by atoms with Gasteiger partial charge in [0.25, 0.3) is 0 Å². The van der Waals surface area contributed by atoms with E-state index in [9.17, 15) is 9.59 Å². The summed E-state index contributed by atoms with van der Waals surface area (Å²) < 4.78 is 0. The first-order valence-electron chi connectivity index (χ1n) is 8.10. The zero-order valence-electron chi connectivity index (χ0n) is 12.7. The molecule has 2 amide bonds. The second-order valence-electron chi connectivity index (χ2n) is 7.38. The fourth-order valence-corrected chi connectivity index (χ4v) is 4.27. The van der Waals surface area contributed by atoms with Crippen LogP contribution < -0.4 is 5.32 Å². The minimum absolute atomic E-state index is 0.0811. The zero-order chi connectivity index (χ0) is 14.4. The lowest BCUT2D eigenvalue weighted by molar-refractivity contribution is -0.162. The molecule has 3 rings (SSSR count). The number of hydrogen-bond acceptors (Lipinski definition) is 2. The van der Waals surface area contributed by atoms with Gasteiger partial charge in [-0.05, 0) is 45.4 Å². The van der Waals surface area contributed by atoms with E-state index in [4.69, 9.17) is 0 Å². The summed E-state index contributed by atoms with van der Waals surface area (Å²) in [5, 5.41) is 2.96. The van der Waals surface area contributed by atoms with Crippen LogP contribution >= 0.6 is 0 Å². The molecule has 0 aromatic heterocycles. The van der Waals surface area contributed by atoms with E-state index in [2.05, 4.69) is 5.32 Å². The molecule has 0 unspecified atom stereocenters. The molecule has 4 nitrogen and oxygen atoms in total. The Morgan fingerprint density at radius 1 is 1.10 bits per heavy atom. The summed E-state index contributed by atoms with van der Waals surface area (Å²) >= 11 is 0. The van der Waals surface area contributed by atoms with Crippen LogP contribution in [0.1, 0.15) is 65.2 Å². The third-order valence-corrected chi connectivity index (χ3v) is 5.49. The molecule has 1 spiro atoms. The van der Waals surface area contributed by atoms with Crippen LogP contribution in [0.3, 0.4) is 0 Å². The molecule has 0 atom stereocenters. The predicted molar refractivity (Wildman–Crippen MR) is 77.1 cm³/mol. The Morgan fingerprint density at radius 2 is 1.70 bits per heavy atom. The minimum Gasteiger partial charge on any atom is -0.340 e. The highest BCUT2D eigenvalue weighted by atomic mass is 16.2. The van der Waals surface area contributed by atoms with Gasteiger partial charge in [-0.3, -0.25) is 9.59 Å². The second kappa shape index (κ2) is 4.74. The minimum atomic E-state index is -0.747. The van der Waals surface area contributed by atoms with Gasteiger partial charge in [0.2, 0.25) is 11.8 Å². The van der Waals surface area contributed by atoms with Crippen molar-refractivity contribution in [1.29, 1.82) is 0 Å². The Kier molecular flexibility index (Phi) is 3.30. The average Bonchev–Trinajstić information content (AvgIpc) is 3.05. The normalized spacial score (nSPS) is 29.2. The number of piperazine rings is 1. The highest BCUT2D eigenvalue weighted by molar-refractivity contribution is 6.02.